The largest absolute Gasteiger partial charge is 0.478 e. The average molecular weight is 368 g/mol. The molecule has 4 rings (SSSR count). The molecule has 0 radical (unpaired) electrons. The van der Waals surface area contributed by atoms with Crippen molar-refractivity contribution >= 4 is 27.5 Å². The van der Waals surface area contributed by atoms with Crippen molar-refractivity contribution in [3.8, 4) is 11.1 Å². The fourth-order valence-corrected chi connectivity index (χ4v) is 4.15. The summed E-state index contributed by atoms with van der Waals surface area (Å²) in [4.78, 5) is 11.2. The van der Waals surface area contributed by atoms with E-state index in [0.29, 0.717) is 5.56 Å². The molecule has 4 aromatic rings. The van der Waals surface area contributed by atoms with E-state index in [-0.39, 0.29) is 0 Å². The molecular weight excluding hydrogens is 344 g/mol. The molecule has 0 heterocycles. The first-order chi connectivity index (χ1) is 13.3. The van der Waals surface area contributed by atoms with Crippen molar-refractivity contribution in [3.63, 3.8) is 0 Å². The van der Waals surface area contributed by atoms with Crippen LogP contribution in [0.1, 0.15) is 38.2 Å². The molecule has 0 aromatic heterocycles. The minimum Gasteiger partial charge on any atom is -0.478 e. The van der Waals surface area contributed by atoms with E-state index < -0.39 is 5.97 Å². The third-order valence-corrected chi connectivity index (χ3v) is 6.26. The van der Waals surface area contributed by atoms with Gasteiger partial charge in [0, 0.05) is 0 Å². The second-order valence-corrected chi connectivity index (χ2v) is 7.79. The molecule has 0 amide bonds. The van der Waals surface area contributed by atoms with Crippen LogP contribution in [0, 0.1) is 34.6 Å². The van der Waals surface area contributed by atoms with Gasteiger partial charge < -0.3 is 5.11 Å². The average Bonchev–Trinajstić information content (AvgIpc) is 2.69. The first kappa shape index (κ1) is 18.2. The molecule has 1 N–H and O–H groups in total. The van der Waals surface area contributed by atoms with Gasteiger partial charge in [0.25, 0.3) is 0 Å². The van der Waals surface area contributed by atoms with Crippen LogP contribution in [-0.4, -0.2) is 11.1 Å². The maximum Gasteiger partial charge on any atom is 0.335 e. The minimum absolute atomic E-state index is 0.319. The number of carbonyl (C=O) groups is 1. The lowest BCUT2D eigenvalue weighted by atomic mass is 9.87. The quantitative estimate of drug-likeness (QED) is 0.418. The summed E-state index contributed by atoms with van der Waals surface area (Å²) in [5.74, 6) is -0.896. The molecule has 0 fully saturated rings. The zero-order valence-electron chi connectivity index (χ0n) is 17.0. The van der Waals surface area contributed by atoms with E-state index in [1.54, 1.807) is 12.1 Å². The molecule has 0 aliphatic carbocycles. The smallest absolute Gasteiger partial charge is 0.335 e. The van der Waals surface area contributed by atoms with Crippen LogP contribution in [0.25, 0.3) is 32.7 Å². The van der Waals surface area contributed by atoms with Crippen LogP contribution in [-0.2, 0) is 0 Å². The molecule has 2 nitrogen and oxygen atoms in total. The van der Waals surface area contributed by atoms with Gasteiger partial charge in [-0.3, -0.25) is 0 Å². The van der Waals surface area contributed by atoms with Crippen molar-refractivity contribution in [2.75, 3.05) is 0 Å². The normalized spacial score (nSPS) is 11.3. The van der Waals surface area contributed by atoms with Crippen molar-refractivity contribution in [3.05, 3.63) is 81.9 Å². The van der Waals surface area contributed by atoms with Crippen LogP contribution in [0.3, 0.4) is 0 Å². The standard InChI is InChI=1S/C26H24O2/c1-14-10-24-17(4)15(2)16(3)18(5)25(24)13-23(14)21-8-6-20-12-22(26(27)28)9-7-19(20)11-21/h6-13H,1-5H3,(H,27,28). The fourth-order valence-electron chi connectivity index (χ4n) is 4.15. The number of aryl methyl sites for hydroxylation is 3. The first-order valence-electron chi connectivity index (χ1n) is 9.56. The highest BCUT2D eigenvalue weighted by Gasteiger charge is 2.13. The van der Waals surface area contributed by atoms with Crippen molar-refractivity contribution < 1.29 is 9.90 Å². The lowest BCUT2D eigenvalue weighted by Crippen LogP contribution is -1.96. The predicted molar refractivity (Wildman–Crippen MR) is 118 cm³/mol. The van der Waals surface area contributed by atoms with Gasteiger partial charge in [-0.1, -0.05) is 24.3 Å². The Morgan fingerprint density at radius 3 is 1.89 bits per heavy atom. The summed E-state index contributed by atoms with van der Waals surface area (Å²) in [5.41, 5.74) is 9.38. The molecule has 0 aliphatic rings. The van der Waals surface area contributed by atoms with Crippen molar-refractivity contribution in [2.24, 2.45) is 0 Å². The summed E-state index contributed by atoms with van der Waals surface area (Å²) in [5, 5.41) is 13.8. The topological polar surface area (TPSA) is 37.3 Å². The van der Waals surface area contributed by atoms with Gasteiger partial charge in [-0.25, -0.2) is 4.79 Å². The van der Waals surface area contributed by atoms with Crippen molar-refractivity contribution in [1.82, 2.24) is 0 Å². The Kier molecular flexibility index (Phi) is 4.23. The van der Waals surface area contributed by atoms with Crippen LogP contribution in [0.2, 0.25) is 0 Å². The van der Waals surface area contributed by atoms with E-state index in [1.165, 1.54) is 44.2 Å². The Morgan fingerprint density at radius 1 is 0.679 bits per heavy atom. The highest BCUT2D eigenvalue weighted by atomic mass is 16.4. The third kappa shape index (κ3) is 2.77. The third-order valence-electron chi connectivity index (χ3n) is 6.26. The molecular formula is C26H24O2. The Balaban J connectivity index is 1.94. The number of hydrogen-bond donors (Lipinski definition) is 1. The van der Waals surface area contributed by atoms with Crippen LogP contribution in [0.15, 0.2) is 48.5 Å². The predicted octanol–water partition coefficient (Wildman–Crippen LogP) is 6.90. The number of carboxylic acids is 1. The summed E-state index contributed by atoms with van der Waals surface area (Å²) in [6, 6.07) is 16.2. The maximum absolute atomic E-state index is 11.2. The monoisotopic (exact) mass is 368 g/mol. The minimum atomic E-state index is -0.896. The summed E-state index contributed by atoms with van der Waals surface area (Å²) in [7, 11) is 0. The highest BCUT2D eigenvalue weighted by Crippen LogP contribution is 2.35. The molecule has 0 spiro atoms. The Hall–Kier alpha value is -3.13. The fraction of sp³-hybridized carbons (Fsp3) is 0.192. The Labute approximate surface area is 165 Å². The van der Waals surface area contributed by atoms with E-state index in [9.17, 15) is 9.90 Å². The number of carboxylic acid groups (broad SMARTS) is 1. The number of benzene rings is 4. The van der Waals surface area contributed by atoms with Crippen molar-refractivity contribution in [2.45, 2.75) is 34.6 Å². The van der Waals surface area contributed by atoms with Gasteiger partial charge >= 0.3 is 5.97 Å². The molecule has 0 unspecified atom stereocenters. The lowest BCUT2D eigenvalue weighted by molar-refractivity contribution is 0.0697. The molecule has 2 heteroatoms. The Bertz CT molecular complexity index is 1280. The van der Waals surface area contributed by atoms with Crippen LogP contribution >= 0.6 is 0 Å². The van der Waals surface area contributed by atoms with Crippen molar-refractivity contribution in [1.29, 1.82) is 0 Å². The molecule has 0 atom stereocenters. The van der Waals surface area contributed by atoms with Gasteiger partial charge in [0.05, 0.1) is 5.56 Å². The molecule has 28 heavy (non-hydrogen) atoms. The van der Waals surface area contributed by atoms with Gasteiger partial charge in [-0.05, 0) is 119 Å². The van der Waals surface area contributed by atoms with Crippen LogP contribution in [0.4, 0.5) is 0 Å². The summed E-state index contributed by atoms with van der Waals surface area (Å²) in [6.45, 7) is 11.0. The second kappa shape index (κ2) is 6.49. The van der Waals surface area contributed by atoms with Crippen LogP contribution < -0.4 is 0 Å². The molecule has 0 saturated heterocycles. The second-order valence-electron chi connectivity index (χ2n) is 7.79. The molecule has 0 bridgehead atoms. The van der Waals surface area contributed by atoms with E-state index >= 15 is 0 Å². The van der Waals surface area contributed by atoms with Gasteiger partial charge in [-0.2, -0.15) is 0 Å². The number of aromatic carboxylic acids is 1. The lowest BCUT2D eigenvalue weighted by Gasteiger charge is -2.17. The molecule has 0 saturated carbocycles. The Morgan fingerprint density at radius 2 is 1.25 bits per heavy atom. The summed E-state index contributed by atoms with van der Waals surface area (Å²) >= 11 is 0. The summed E-state index contributed by atoms with van der Waals surface area (Å²) in [6.07, 6.45) is 0. The molecule has 0 aliphatic heterocycles. The van der Waals surface area contributed by atoms with E-state index in [2.05, 4.69) is 58.9 Å². The maximum atomic E-state index is 11.2. The molecule has 4 aromatic carbocycles. The van der Waals surface area contributed by atoms with Gasteiger partial charge in [0.2, 0.25) is 0 Å². The zero-order chi connectivity index (χ0) is 20.2. The number of fused-ring (bicyclic) bond motifs is 2. The van der Waals surface area contributed by atoms with Gasteiger partial charge in [-0.15, -0.1) is 0 Å². The van der Waals surface area contributed by atoms with Gasteiger partial charge in [0.1, 0.15) is 0 Å². The van der Waals surface area contributed by atoms with Crippen LogP contribution in [0.5, 0.6) is 0 Å². The van der Waals surface area contributed by atoms with Gasteiger partial charge in [0.15, 0.2) is 0 Å². The number of hydrogen-bond acceptors (Lipinski definition) is 1. The number of rotatable bonds is 2. The zero-order valence-corrected chi connectivity index (χ0v) is 17.0. The van der Waals surface area contributed by atoms with E-state index in [4.69, 9.17) is 0 Å². The summed E-state index contributed by atoms with van der Waals surface area (Å²) < 4.78 is 0. The molecule has 140 valence electrons. The van der Waals surface area contributed by atoms with E-state index in [1.807, 2.05) is 12.1 Å². The van der Waals surface area contributed by atoms with E-state index in [0.717, 1.165) is 16.3 Å². The first-order valence-corrected chi connectivity index (χ1v) is 9.56. The SMILES string of the molecule is Cc1cc2c(C)c(C)c(C)c(C)c2cc1-c1ccc2cc(C(=O)O)ccc2c1. The highest BCUT2D eigenvalue weighted by molar-refractivity contribution is 5.98.